The molecular formula is C27H26N6O2. The van der Waals surface area contributed by atoms with E-state index in [2.05, 4.69) is 26.0 Å². The predicted molar refractivity (Wildman–Crippen MR) is 133 cm³/mol. The molecule has 0 fully saturated rings. The van der Waals surface area contributed by atoms with Crippen LogP contribution in [0, 0.1) is 25.2 Å². The summed E-state index contributed by atoms with van der Waals surface area (Å²) in [4.78, 5) is 16.9. The van der Waals surface area contributed by atoms with Crippen LogP contribution in [-0.4, -0.2) is 32.3 Å². The maximum Gasteiger partial charge on any atom is 0.262 e. The highest BCUT2D eigenvalue weighted by Crippen LogP contribution is 2.24. The van der Waals surface area contributed by atoms with Crippen LogP contribution in [-0.2, 0) is 4.79 Å². The lowest BCUT2D eigenvalue weighted by Gasteiger charge is -2.14. The molecule has 1 unspecified atom stereocenters. The molecule has 2 aromatic carbocycles. The minimum absolute atomic E-state index is 0.0473. The SMILES string of the molecule is COc1ccc(-n2c(C)cc(C=C(C#N)C(=O)NC(C)c3ccc(-n4cncn4)cc3)c2C)cc1. The number of hydrogen-bond acceptors (Lipinski definition) is 5. The number of ether oxygens (including phenoxy) is 1. The first-order valence-electron chi connectivity index (χ1n) is 11.1. The van der Waals surface area contributed by atoms with E-state index in [0.29, 0.717) is 0 Å². The summed E-state index contributed by atoms with van der Waals surface area (Å²) in [6.45, 7) is 5.84. The van der Waals surface area contributed by atoms with E-state index in [1.165, 1.54) is 6.33 Å². The van der Waals surface area contributed by atoms with E-state index in [0.717, 1.165) is 39.6 Å². The van der Waals surface area contributed by atoms with E-state index < -0.39 is 5.91 Å². The third-order valence-corrected chi connectivity index (χ3v) is 5.89. The molecular weight excluding hydrogens is 440 g/mol. The number of methoxy groups -OCH3 is 1. The molecule has 0 radical (unpaired) electrons. The van der Waals surface area contributed by atoms with Crippen LogP contribution in [0.3, 0.4) is 0 Å². The summed E-state index contributed by atoms with van der Waals surface area (Å²) in [6.07, 6.45) is 4.73. The second-order valence-electron chi connectivity index (χ2n) is 8.16. The Morgan fingerprint density at radius 3 is 2.40 bits per heavy atom. The number of carbonyl (C=O) groups excluding carboxylic acids is 1. The molecule has 4 aromatic rings. The number of nitrogens with one attached hydrogen (secondary N) is 1. The summed E-state index contributed by atoms with van der Waals surface area (Å²) in [7, 11) is 1.63. The van der Waals surface area contributed by atoms with Gasteiger partial charge in [0.2, 0.25) is 0 Å². The second kappa shape index (κ2) is 10.1. The minimum Gasteiger partial charge on any atom is -0.497 e. The lowest BCUT2D eigenvalue weighted by molar-refractivity contribution is -0.117. The average Bonchev–Trinajstić information content (AvgIpc) is 3.50. The van der Waals surface area contributed by atoms with E-state index in [9.17, 15) is 10.1 Å². The standard InChI is InChI=1S/C27H26N6O2/c1-18-13-22(20(3)33(18)25-9-11-26(35-4)12-10-25)14-23(15-28)27(34)31-19(2)21-5-7-24(8-6-21)32-17-29-16-30-32/h5-14,16-17,19H,1-4H3,(H,31,34). The van der Waals surface area contributed by atoms with Gasteiger partial charge in [0.05, 0.1) is 18.8 Å². The van der Waals surface area contributed by atoms with Crippen LogP contribution in [0.15, 0.2) is 72.8 Å². The van der Waals surface area contributed by atoms with Gasteiger partial charge in [0.1, 0.15) is 30.0 Å². The van der Waals surface area contributed by atoms with Crippen molar-refractivity contribution in [2.75, 3.05) is 7.11 Å². The molecule has 1 amide bonds. The quantitative estimate of drug-likeness (QED) is 0.320. The number of nitrogens with zero attached hydrogens (tertiary/aromatic N) is 5. The molecule has 0 saturated carbocycles. The van der Waals surface area contributed by atoms with Crippen LogP contribution in [0.2, 0.25) is 0 Å². The topological polar surface area (TPSA) is 97.8 Å². The van der Waals surface area contributed by atoms with Crippen molar-refractivity contribution in [1.82, 2.24) is 24.6 Å². The van der Waals surface area contributed by atoms with E-state index in [4.69, 9.17) is 4.74 Å². The highest BCUT2D eigenvalue weighted by molar-refractivity contribution is 6.02. The Morgan fingerprint density at radius 2 is 1.80 bits per heavy atom. The molecule has 0 spiro atoms. The fourth-order valence-corrected chi connectivity index (χ4v) is 3.98. The largest absolute Gasteiger partial charge is 0.497 e. The normalized spacial score (nSPS) is 12.1. The number of aryl methyl sites for hydroxylation is 1. The van der Waals surface area contributed by atoms with Gasteiger partial charge in [-0.2, -0.15) is 10.4 Å². The summed E-state index contributed by atoms with van der Waals surface area (Å²) in [5.41, 5.74) is 5.56. The summed E-state index contributed by atoms with van der Waals surface area (Å²) in [6, 6.07) is 19.1. The zero-order chi connectivity index (χ0) is 24.9. The van der Waals surface area contributed by atoms with Crippen LogP contribution >= 0.6 is 0 Å². The molecule has 0 saturated heterocycles. The summed E-state index contributed by atoms with van der Waals surface area (Å²) >= 11 is 0. The lowest BCUT2D eigenvalue weighted by atomic mass is 10.1. The first-order chi connectivity index (χ1) is 16.9. The smallest absolute Gasteiger partial charge is 0.262 e. The zero-order valence-electron chi connectivity index (χ0n) is 20.1. The Balaban J connectivity index is 1.52. The van der Waals surface area contributed by atoms with Crippen LogP contribution in [0.5, 0.6) is 5.75 Å². The van der Waals surface area contributed by atoms with E-state index in [1.807, 2.05) is 75.4 Å². The molecule has 0 aliphatic rings. The molecule has 176 valence electrons. The highest BCUT2D eigenvalue weighted by Gasteiger charge is 2.16. The van der Waals surface area contributed by atoms with Gasteiger partial charge in [-0.15, -0.1) is 0 Å². The van der Waals surface area contributed by atoms with Gasteiger partial charge >= 0.3 is 0 Å². The number of hydrogen-bond donors (Lipinski definition) is 1. The Hall–Kier alpha value is -4.64. The second-order valence-corrected chi connectivity index (χ2v) is 8.16. The molecule has 0 aliphatic carbocycles. The number of amides is 1. The van der Waals surface area contributed by atoms with Gasteiger partial charge in [-0.05, 0) is 80.4 Å². The molecule has 1 N–H and O–H groups in total. The maximum absolute atomic E-state index is 12.9. The third-order valence-electron chi connectivity index (χ3n) is 5.89. The fourth-order valence-electron chi connectivity index (χ4n) is 3.98. The first-order valence-corrected chi connectivity index (χ1v) is 11.1. The van der Waals surface area contributed by atoms with Crippen molar-refractivity contribution in [2.24, 2.45) is 0 Å². The number of rotatable bonds is 7. The van der Waals surface area contributed by atoms with Crippen LogP contribution in [0.25, 0.3) is 17.5 Å². The predicted octanol–water partition coefficient (Wildman–Crippen LogP) is 4.47. The van der Waals surface area contributed by atoms with E-state index in [1.54, 1.807) is 24.2 Å². The third kappa shape index (κ3) is 4.99. The van der Waals surface area contributed by atoms with Crippen molar-refractivity contribution < 1.29 is 9.53 Å². The van der Waals surface area contributed by atoms with E-state index in [-0.39, 0.29) is 11.6 Å². The van der Waals surface area contributed by atoms with Gasteiger partial charge in [-0.25, -0.2) is 9.67 Å². The molecule has 1 atom stereocenters. The van der Waals surface area contributed by atoms with Crippen molar-refractivity contribution in [1.29, 1.82) is 5.26 Å². The van der Waals surface area contributed by atoms with Crippen molar-refractivity contribution in [3.8, 4) is 23.2 Å². The maximum atomic E-state index is 12.9. The number of carbonyl (C=O) groups is 1. The van der Waals surface area contributed by atoms with Gasteiger partial charge in [0.25, 0.3) is 5.91 Å². The van der Waals surface area contributed by atoms with Crippen molar-refractivity contribution in [3.05, 3.63) is 95.3 Å². The number of benzene rings is 2. The fraction of sp³-hybridized carbons (Fsp3) is 0.185. The Morgan fingerprint density at radius 1 is 1.11 bits per heavy atom. The van der Waals surface area contributed by atoms with Crippen LogP contribution < -0.4 is 10.1 Å². The Bertz CT molecular complexity index is 1390. The molecule has 35 heavy (non-hydrogen) atoms. The molecule has 8 nitrogen and oxygen atoms in total. The highest BCUT2D eigenvalue weighted by atomic mass is 16.5. The zero-order valence-corrected chi connectivity index (χ0v) is 20.1. The number of aromatic nitrogens is 4. The van der Waals surface area contributed by atoms with Gasteiger partial charge in [-0.3, -0.25) is 4.79 Å². The average molecular weight is 467 g/mol. The minimum atomic E-state index is -0.422. The molecule has 0 aliphatic heterocycles. The van der Waals surface area contributed by atoms with Gasteiger partial charge < -0.3 is 14.6 Å². The van der Waals surface area contributed by atoms with Crippen molar-refractivity contribution >= 4 is 12.0 Å². The summed E-state index contributed by atoms with van der Waals surface area (Å²) in [5.74, 6) is 0.358. The van der Waals surface area contributed by atoms with Crippen molar-refractivity contribution in [2.45, 2.75) is 26.8 Å². The first kappa shape index (κ1) is 23.5. The van der Waals surface area contributed by atoms with Crippen LogP contribution in [0.1, 0.15) is 35.5 Å². The molecule has 8 heteroatoms. The summed E-state index contributed by atoms with van der Waals surface area (Å²) < 4.78 is 8.98. The van der Waals surface area contributed by atoms with Gasteiger partial charge in [0.15, 0.2) is 0 Å². The molecule has 2 heterocycles. The monoisotopic (exact) mass is 466 g/mol. The molecule has 4 rings (SSSR count). The molecule has 2 aromatic heterocycles. The number of nitriles is 1. The van der Waals surface area contributed by atoms with Gasteiger partial charge in [-0.1, -0.05) is 12.1 Å². The Labute approximate surface area is 204 Å². The Kier molecular flexibility index (Phi) is 6.78. The molecule has 0 bridgehead atoms. The lowest BCUT2D eigenvalue weighted by Crippen LogP contribution is -2.27. The van der Waals surface area contributed by atoms with Gasteiger partial charge in [0, 0.05) is 17.1 Å². The van der Waals surface area contributed by atoms with Crippen molar-refractivity contribution in [3.63, 3.8) is 0 Å². The van der Waals surface area contributed by atoms with Crippen LogP contribution in [0.4, 0.5) is 0 Å². The van der Waals surface area contributed by atoms with E-state index >= 15 is 0 Å². The summed E-state index contributed by atoms with van der Waals surface area (Å²) in [5, 5.41) is 16.7.